The Hall–Kier alpha value is -3.15. The number of carbonyl (C=O) groups excluding carboxylic acids is 1. The number of benzene rings is 1. The molecule has 1 aromatic carbocycles. The smallest absolute Gasteiger partial charge is 0.251 e. The molecule has 24 heavy (non-hydrogen) atoms. The highest BCUT2D eigenvalue weighted by Crippen LogP contribution is 2.18. The summed E-state index contributed by atoms with van der Waals surface area (Å²) in [6, 6.07) is 10.8. The van der Waals surface area contributed by atoms with Gasteiger partial charge in [0, 0.05) is 23.2 Å². The summed E-state index contributed by atoms with van der Waals surface area (Å²) in [7, 11) is 0. The summed E-state index contributed by atoms with van der Waals surface area (Å²) in [5.74, 6) is 1.35. The zero-order valence-electron chi connectivity index (χ0n) is 13.4. The van der Waals surface area contributed by atoms with Gasteiger partial charge in [0.2, 0.25) is 5.82 Å². The molecular formula is C18H17N3O3. The third-order valence-corrected chi connectivity index (χ3v) is 3.18. The van der Waals surface area contributed by atoms with E-state index < -0.39 is 0 Å². The van der Waals surface area contributed by atoms with Crippen LogP contribution in [0.5, 0.6) is 0 Å². The van der Waals surface area contributed by atoms with E-state index in [4.69, 9.17) is 8.94 Å². The van der Waals surface area contributed by atoms with Gasteiger partial charge in [-0.25, -0.2) is 0 Å². The second-order valence-corrected chi connectivity index (χ2v) is 5.51. The molecule has 1 amide bonds. The first-order valence-corrected chi connectivity index (χ1v) is 7.58. The van der Waals surface area contributed by atoms with Crippen LogP contribution in [0.15, 0.2) is 51.6 Å². The molecule has 0 saturated heterocycles. The number of nitrogens with one attached hydrogen (secondary N) is 1. The van der Waals surface area contributed by atoms with Gasteiger partial charge in [0.25, 0.3) is 11.8 Å². The molecule has 0 bridgehead atoms. The third-order valence-electron chi connectivity index (χ3n) is 3.18. The topological polar surface area (TPSA) is 81.2 Å². The standard InChI is InChI=1S/C18H17N3O3/c1-12(2)19-18(22)14-6-3-5-13(11-14)17-20-16(24-21-17)9-8-15-7-4-10-23-15/h3-12H,1-2H3,(H,19,22)/b9-8+. The zero-order valence-corrected chi connectivity index (χ0v) is 13.4. The van der Waals surface area contributed by atoms with Crippen molar-refractivity contribution in [3.05, 3.63) is 59.9 Å². The van der Waals surface area contributed by atoms with Crippen LogP contribution in [0.25, 0.3) is 23.5 Å². The normalized spacial score (nSPS) is 11.3. The van der Waals surface area contributed by atoms with Crippen molar-refractivity contribution in [1.82, 2.24) is 15.5 Å². The molecule has 0 aliphatic rings. The highest BCUT2D eigenvalue weighted by molar-refractivity contribution is 5.95. The first-order valence-electron chi connectivity index (χ1n) is 7.58. The van der Waals surface area contributed by atoms with Gasteiger partial charge < -0.3 is 14.3 Å². The van der Waals surface area contributed by atoms with Crippen molar-refractivity contribution >= 4 is 18.1 Å². The molecule has 0 aliphatic heterocycles. The van der Waals surface area contributed by atoms with Crippen molar-refractivity contribution in [2.45, 2.75) is 19.9 Å². The molecule has 0 spiro atoms. The van der Waals surface area contributed by atoms with Crippen LogP contribution in [0.2, 0.25) is 0 Å². The van der Waals surface area contributed by atoms with Crippen LogP contribution < -0.4 is 5.32 Å². The average molecular weight is 323 g/mol. The Bertz CT molecular complexity index is 848. The Labute approximate surface area is 139 Å². The van der Waals surface area contributed by atoms with E-state index in [0.717, 1.165) is 0 Å². The van der Waals surface area contributed by atoms with Gasteiger partial charge >= 0.3 is 0 Å². The molecule has 1 N–H and O–H groups in total. The molecular weight excluding hydrogens is 306 g/mol. The lowest BCUT2D eigenvalue weighted by Gasteiger charge is -2.08. The molecule has 0 radical (unpaired) electrons. The van der Waals surface area contributed by atoms with Gasteiger partial charge in [-0.3, -0.25) is 4.79 Å². The van der Waals surface area contributed by atoms with E-state index in [1.807, 2.05) is 26.0 Å². The number of hydrogen-bond donors (Lipinski definition) is 1. The summed E-state index contributed by atoms with van der Waals surface area (Å²) in [6.07, 6.45) is 5.00. The summed E-state index contributed by atoms with van der Waals surface area (Å²) >= 11 is 0. The average Bonchev–Trinajstić information content (AvgIpc) is 3.24. The number of carbonyl (C=O) groups is 1. The van der Waals surface area contributed by atoms with Crippen molar-refractivity contribution in [3.8, 4) is 11.4 Å². The van der Waals surface area contributed by atoms with Crippen molar-refractivity contribution in [1.29, 1.82) is 0 Å². The van der Waals surface area contributed by atoms with E-state index in [1.54, 1.807) is 42.7 Å². The maximum atomic E-state index is 12.1. The largest absolute Gasteiger partial charge is 0.465 e. The summed E-state index contributed by atoms with van der Waals surface area (Å²) < 4.78 is 10.4. The minimum atomic E-state index is -0.131. The zero-order chi connectivity index (χ0) is 16.9. The number of hydrogen-bond acceptors (Lipinski definition) is 5. The Morgan fingerprint density at radius 1 is 1.21 bits per heavy atom. The highest BCUT2D eigenvalue weighted by Gasteiger charge is 2.11. The number of nitrogens with zero attached hydrogens (tertiary/aromatic N) is 2. The summed E-state index contributed by atoms with van der Waals surface area (Å²) in [5.41, 5.74) is 1.27. The van der Waals surface area contributed by atoms with Crippen LogP contribution in [0.1, 0.15) is 35.9 Å². The van der Waals surface area contributed by atoms with Gasteiger partial charge in [-0.05, 0) is 44.2 Å². The van der Waals surface area contributed by atoms with Gasteiger partial charge in [-0.1, -0.05) is 17.3 Å². The Morgan fingerprint density at radius 2 is 2.08 bits per heavy atom. The molecule has 0 fully saturated rings. The van der Waals surface area contributed by atoms with Crippen molar-refractivity contribution in [3.63, 3.8) is 0 Å². The number of furan rings is 1. The fourth-order valence-electron chi connectivity index (χ4n) is 2.10. The molecule has 0 atom stereocenters. The minimum Gasteiger partial charge on any atom is -0.465 e. The van der Waals surface area contributed by atoms with Gasteiger partial charge in [0.15, 0.2) is 0 Å². The van der Waals surface area contributed by atoms with E-state index in [-0.39, 0.29) is 11.9 Å². The molecule has 6 nitrogen and oxygen atoms in total. The Kier molecular flexibility index (Phi) is 4.56. The summed E-state index contributed by atoms with van der Waals surface area (Å²) in [6.45, 7) is 3.83. The van der Waals surface area contributed by atoms with Crippen LogP contribution >= 0.6 is 0 Å². The molecule has 3 rings (SSSR count). The van der Waals surface area contributed by atoms with Crippen molar-refractivity contribution in [2.75, 3.05) is 0 Å². The lowest BCUT2D eigenvalue weighted by Crippen LogP contribution is -2.30. The highest BCUT2D eigenvalue weighted by atomic mass is 16.5. The number of rotatable bonds is 5. The number of amides is 1. The van der Waals surface area contributed by atoms with E-state index >= 15 is 0 Å². The quantitative estimate of drug-likeness (QED) is 0.775. The predicted molar refractivity (Wildman–Crippen MR) is 90.0 cm³/mol. The van der Waals surface area contributed by atoms with E-state index in [9.17, 15) is 4.79 Å². The minimum absolute atomic E-state index is 0.0738. The molecule has 3 aromatic rings. The molecule has 0 aliphatic carbocycles. The maximum absolute atomic E-state index is 12.1. The molecule has 2 aromatic heterocycles. The maximum Gasteiger partial charge on any atom is 0.251 e. The fraction of sp³-hybridized carbons (Fsp3) is 0.167. The van der Waals surface area contributed by atoms with Crippen LogP contribution in [-0.4, -0.2) is 22.1 Å². The second-order valence-electron chi connectivity index (χ2n) is 5.51. The monoisotopic (exact) mass is 323 g/mol. The van der Waals surface area contributed by atoms with Gasteiger partial charge in [-0.2, -0.15) is 4.98 Å². The fourth-order valence-corrected chi connectivity index (χ4v) is 2.10. The first-order chi connectivity index (χ1) is 11.6. The van der Waals surface area contributed by atoms with Crippen LogP contribution in [0.3, 0.4) is 0 Å². The lowest BCUT2D eigenvalue weighted by molar-refractivity contribution is 0.0943. The van der Waals surface area contributed by atoms with Crippen molar-refractivity contribution < 1.29 is 13.7 Å². The summed E-state index contributed by atoms with van der Waals surface area (Å²) in [5, 5.41) is 6.80. The van der Waals surface area contributed by atoms with Crippen LogP contribution in [0.4, 0.5) is 0 Å². The van der Waals surface area contributed by atoms with Crippen LogP contribution in [0, 0.1) is 0 Å². The SMILES string of the molecule is CC(C)NC(=O)c1cccc(-c2noc(/C=C/c3ccco3)n2)c1. The van der Waals surface area contributed by atoms with E-state index in [2.05, 4.69) is 15.5 Å². The molecule has 2 heterocycles. The van der Waals surface area contributed by atoms with Gasteiger partial charge in [0.1, 0.15) is 5.76 Å². The van der Waals surface area contributed by atoms with Gasteiger partial charge in [-0.15, -0.1) is 0 Å². The Morgan fingerprint density at radius 3 is 2.83 bits per heavy atom. The predicted octanol–water partition coefficient (Wildman–Crippen LogP) is 3.64. The molecule has 122 valence electrons. The van der Waals surface area contributed by atoms with Gasteiger partial charge in [0.05, 0.1) is 6.26 Å². The van der Waals surface area contributed by atoms with Crippen molar-refractivity contribution in [2.24, 2.45) is 0 Å². The lowest BCUT2D eigenvalue weighted by atomic mass is 10.1. The Balaban J connectivity index is 1.79. The van der Waals surface area contributed by atoms with Crippen LogP contribution in [-0.2, 0) is 0 Å². The first kappa shape index (κ1) is 15.7. The second kappa shape index (κ2) is 6.95. The number of aromatic nitrogens is 2. The molecule has 6 heteroatoms. The molecule has 0 saturated carbocycles. The third kappa shape index (κ3) is 3.78. The van der Waals surface area contributed by atoms with E-state index in [0.29, 0.717) is 28.6 Å². The molecule has 0 unspecified atom stereocenters. The van der Waals surface area contributed by atoms with E-state index in [1.165, 1.54) is 0 Å². The summed E-state index contributed by atoms with van der Waals surface area (Å²) in [4.78, 5) is 16.4.